The minimum atomic E-state index is -0.347. The summed E-state index contributed by atoms with van der Waals surface area (Å²) in [7, 11) is 0. The number of rotatable bonds is 24. The Morgan fingerprint density at radius 2 is 0.790 bits per heavy atom. The van der Waals surface area contributed by atoms with Crippen molar-refractivity contribution in [2.45, 2.75) is 439 Å². The number of carbonyl (C=O) groups excluding carboxylic acids is 7. The molecule has 17 unspecified atom stereocenters. The molecule has 0 aromatic heterocycles. The van der Waals surface area contributed by atoms with E-state index in [2.05, 4.69) is 48.5 Å². The average Bonchev–Trinajstić information content (AvgIpc) is 1.53. The molecule has 105 heavy (non-hydrogen) atoms. The smallest absolute Gasteiger partial charge is 0.312 e. The lowest BCUT2D eigenvalue weighted by Crippen LogP contribution is -2.49. The first kappa shape index (κ1) is 93.7. The van der Waals surface area contributed by atoms with Crippen LogP contribution in [0.5, 0.6) is 0 Å². The Bertz CT molecular complexity index is 2740. The number of hydrogen-bond acceptors (Lipinski definition) is 14. The zero-order valence-electron chi connectivity index (χ0n) is 72.9. The summed E-state index contributed by atoms with van der Waals surface area (Å²) in [5.74, 6) is 8.24. The highest BCUT2D eigenvalue weighted by Crippen LogP contribution is 2.71. The standard InChI is InChI=1S/C20H32O2.C15H26O2.C14H24O2.C12H22O2.C11H20O2.C10H20O2.C9H18O2/c1-5-19(3,4)18(21)22-20(6-2)11-14-10-15(20)17-13-8-7-12(9-13)16(14)17;1-5-14(3,4)13(16)17-15(6-2)10-11-7-8-12(15)9-11;1-5-13(2,3)12(15)16-14(4)9-10-6-7-11(14)8-10;1-4-10(3)11(13)14-12(5-2)8-6-7-9-12;1-4-9(2)10(12)13-11(3)7-5-6-8-11;1-6-8(3)9(11)12-10(4,5)7-2;1-6-7(2)8(10)11-9(3,4)5/h12-17H,5-11H2,1-4H3;11-12H,5-10H2,1-4H3;10-11H,5-9H2,1-4H3;10H,4-9H2,1-3H3;9H,4-8H2,1-3H3;8H,6-7H2,1-5H3;7H,6H2,1-5H3. The van der Waals surface area contributed by atoms with Crippen molar-refractivity contribution in [2.75, 3.05) is 0 Å². The zero-order chi connectivity index (χ0) is 79.7. The van der Waals surface area contributed by atoms with Gasteiger partial charge in [0.15, 0.2) is 0 Å². The van der Waals surface area contributed by atoms with E-state index in [1.54, 1.807) is 0 Å². The molecular weight excluding hydrogens is 1320 g/mol. The lowest BCUT2D eigenvalue weighted by Gasteiger charge is -2.46. The highest BCUT2D eigenvalue weighted by molar-refractivity contribution is 5.78. The molecule has 0 spiro atoms. The molecule has 0 heterocycles. The second-order valence-corrected chi connectivity index (χ2v) is 39.0. The topological polar surface area (TPSA) is 184 Å². The van der Waals surface area contributed by atoms with Gasteiger partial charge in [0.1, 0.15) is 39.2 Å². The number of esters is 7. The monoisotopic (exact) mass is 1480 g/mol. The minimum absolute atomic E-state index is 0.00347. The summed E-state index contributed by atoms with van der Waals surface area (Å²) in [5, 5.41) is 0. The van der Waals surface area contributed by atoms with Gasteiger partial charge in [-0.25, -0.2) is 0 Å². The van der Waals surface area contributed by atoms with Gasteiger partial charge in [-0.15, -0.1) is 0 Å². The second-order valence-electron chi connectivity index (χ2n) is 39.0. The Morgan fingerprint density at radius 3 is 1.18 bits per heavy atom. The lowest BCUT2D eigenvalue weighted by atomic mass is 9.65. The van der Waals surface area contributed by atoms with Crippen molar-refractivity contribution in [3.05, 3.63) is 0 Å². The van der Waals surface area contributed by atoms with Crippen LogP contribution in [0.4, 0.5) is 0 Å². The Morgan fingerprint density at radius 1 is 0.381 bits per heavy atom. The molecule has 0 aliphatic heterocycles. The van der Waals surface area contributed by atoms with E-state index in [4.69, 9.17) is 33.2 Å². The van der Waals surface area contributed by atoms with Gasteiger partial charge < -0.3 is 33.2 Å². The van der Waals surface area contributed by atoms with Crippen molar-refractivity contribution >= 4 is 41.8 Å². The third-order valence-corrected chi connectivity index (χ3v) is 28.5. The molecule has 17 atom stereocenters. The van der Waals surface area contributed by atoms with Gasteiger partial charge in [0.05, 0.1) is 39.9 Å². The first-order chi connectivity index (χ1) is 48.7. The summed E-state index contributed by atoms with van der Waals surface area (Å²) in [6.07, 6.45) is 35.7. The van der Waals surface area contributed by atoms with Crippen LogP contribution >= 0.6 is 0 Å². The van der Waals surface area contributed by atoms with Gasteiger partial charge in [-0.3, -0.25) is 33.6 Å². The highest BCUT2D eigenvalue weighted by atomic mass is 16.6. The predicted octanol–water partition coefficient (Wildman–Crippen LogP) is 23.6. The van der Waals surface area contributed by atoms with Crippen LogP contribution in [0.2, 0.25) is 0 Å². The normalized spacial score (nSPS) is 30.7. The fourth-order valence-corrected chi connectivity index (χ4v) is 18.4. The van der Waals surface area contributed by atoms with Gasteiger partial charge in [0, 0.05) is 5.92 Å². The fourth-order valence-electron chi connectivity index (χ4n) is 18.4. The average molecular weight is 1480 g/mol. The molecule has 0 aromatic carbocycles. The summed E-state index contributed by atoms with van der Waals surface area (Å²) >= 11 is 0. The molecule has 610 valence electrons. The predicted molar refractivity (Wildman–Crippen MR) is 425 cm³/mol. The minimum Gasteiger partial charge on any atom is -0.460 e. The van der Waals surface area contributed by atoms with Crippen molar-refractivity contribution < 1.29 is 66.7 Å². The molecule has 0 N–H and O–H groups in total. The maximum Gasteiger partial charge on any atom is 0.312 e. The van der Waals surface area contributed by atoms with Gasteiger partial charge in [-0.05, 0) is 349 Å². The van der Waals surface area contributed by atoms with Crippen molar-refractivity contribution in [2.24, 2.45) is 99.1 Å². The van der Waals surface area contributed by atoms with E-state index in [0.717, 1.165) is 157 Å². The molecular formula is C91H162O14. The molecule has 0 saturated heterocycles. The van der Waals surface area contributed by atoms with Crippen LogP contribution < -0.4 is 0 Å². The maximum atomic E-state index is 12.7. The van der Waals surface area contributed by atoms with Crippen LogP contribution in [0.1, 0.15) is 399 Å². The third kappa shape index (κ3) is 25.1. The number of carbonyl (C=O) groups is 7. The number of ether oxygens (including phenoxy) is 7. The van der Waals surface area contributed by atoms with E-state index in [1.807, 2.05) is 145 Å². The van der Waals surface area contributed by atoms with Crippen molar-refractivity contribution in [3.8, 4) is 0 Å². The van der Waals surface area contributed by atoms with E-state index in [0.29, 0.717) is 17.8 Å². The molecule has 8 bridgehead atoms. The first-order valence-electron chi connectivity index (χ1n) is 43.3. The molecule has 10 aliphatic carbocycles. The Hall–Kier alpha value is -3.71. The first-order valence-corrected chi connectivity index (χ1v) is 43.3. The molecule has 14 heteroatoms. The summed E-state index contributed by atoms with van der Waals surface area (Å²) in [5.41, 5.74) is -2.31. The zero-order valence-corrected chi connectivity index (χ0v) is 72.9. The Balaban J connectivity index is 0.000000263. The van der Waals surface area contributed by atoms with E-state index < -0.39 is 0 Å². The SMILES string of the molecule is CCC(C)(C)C(=O)OC1(C)CC2CCC1C2.CCC(C)(C)C(=O)OC1(CC)CC2CC1C1C3CCC(C3)C21.CCC(C)(C)C(=O)OC1(CC)CC2CCC1C2.CCC(C)C(=O)OC(C)(C)C.CCC(C)C(=O)OC(C)(C)CC.CCC(C)C(=O)OC1(C)CCCC1.CCC(C)C(=O)OC1(CC)CCCC1. The molecule has 10 aliphatic rings. The third-order valence-electron chi connectivity index (χ3n) is 28.5. The van der Waals surface area contributed by atoms with E-state index in [9.17, 15) is 33.6 Å². The van der Waals surface area contributed by atoms with Crippen molar-refractivity contribution in [1.82, 2.24) is 0 Å². The molecule has 10 rings (SSSR count). The molecule has 14 nitrogen and oxygen atoms in total. The fraction of sp³-hybridized carbons (Fsp3) is 0.923. The number of hydrogen-bond donors (Lipinski definition) is 0. The van der Waals surface area contributed by atoms with E-state index >= 15 is 0 Å². The summed E-state index contributed by atoms with van der Waals surface area (Å²) in [6, 6.07) is 0. The Labute approximate surface area is 642 Å². The second kappa shape index (κ2) is 39.5. The van der Waals surface area contributed by atoms with Gasteiger partial charge in [0.2, 0.25) is 0 Å². The summed E-state index contributed by atoms with van der Waals surface area (Å²) in [4.78, 5) is 82.8. The molecule has 0 amide bonds. The van der Waals surface area contributed by atoms with Crippen molar-refractivity contribution in [1.29, 1.82) is 0 Å². The van der Waals surface area contributed by atoms with Crippen LogP contribution in [-0.2, 0) is 66.7 Å². The van der Waals surface area contributed by atoms with Crippen LogP contribution in [0.25, 0.3) is 0 Å². The lowest BCUT2D eigenvalue weighted by molar-refractivity contribution is -0.183. The van der Waals surface area contributed by atoms with Crippen LogP contribution in [-0.4, -0.2) is 81.0 Å². The van der Waals surface area contributed by atoms with Gasteiger partial charge in [0.25, 0.3) is 0 Å². The molecule has 10 fully saturated rings. The summed E-state index contributed by atoms with van der Waals surface area (Å²) < 4.78 is 39.8. The Kier molecular flexibility index (Phi) is 35.2. The van der Waals surface area contributed by atoms with Gasteiger partial charge >= 0.3 is 41.8 Å². The quantitative estimate of drug-likeness (QED) is 0.0505. The maximum absolute atomic E-state index is 12.7. The van der Waals surface area contributed by atoms with Gasteiger partial charge in [-0.2, -0.15) is 0 Å². The summed E-state index contributed by atoms with van der Waals surface area (Å²) in [6.45, 7) is 56.1. The van der Waals surface area contributed by atoms with Crippen molar-refractivity contribution in [3.63, 3.8) is 0 Å². The number of fused-ring (bicyclic) bond motifs is 13. The highest BCUT2D eigenvalue weighted by Gasteiger charge is 2.68. The van der Waals surface area contributed by atoms with E-state index in [1.165, 1.54) is 89.9 Å². The largest absolute Gasteiger partial charge is 0.460 e. The van der Waals surface area contributed by atoms with Crippen LogP contribution in [0.3, 0.4) is 0 Å². The molecule has 0 radical (unpaired) electrons. The molecule has 0 aromatic rings. The van der Waals surface area contributed by atoms with Gasteiger partial charge in [-0.1, -0.05) is 104 Å². The van der Waals surface area contributed by atoms with E-state index in [-0.39, 0.29) is 121 Å². The molecule has 10 saturated carbocycles. The van der Waals surface area contributed by atoms with Crippen LogP contribution in [0, 0.1) is 99.1 Å². The van der Waals surface area contributed by atoms with Crippen LogP contribution in [0.15, 0.2) is 0 Å².